The average molecular weight is 329 g/mol. The number of rotatable bonds is 2. The van der Waals surface area contributed by atoms with Gasteiger partial charge in [-0.1, -0.05) is 43.2 Å². The number of carbonyl (C=O) groups excluding carboxylic acids is 2. The van der Waals surface area contributed by atoms with E-state index in [9.17, 15) is 9.59 Å². The number of carbonyl (C=O) groups is 2. The summed E-state index contributed by atoms with van der Waals surface area (Å²) in [5.74, 6) is 0.458. The van der Waals surface area contributed by atoms with Crippen LogP contribution in [0.15, 0.2) is 30.3 Å². The number of hydrogen-bond donors (Lipinski definition) is 0. The number of ketones is 1. The number of ether oxygens (including phenoxy) is 1. The smallest absolute Gasteiger partial charge is 0.411 e. The topological polar surface area (TPSA) is 46.6 Å². The molecule has 3 atom stereocenters. The molecule has 3 rings (SSSR count). The molecule has 130 valence electrons. The van der Waals surface area contributed by atoms with Gasteiger partial charge in [-0.3, -0.25) is 9.69 Å². The van der Waals surface area contributed by atoms with E-state index < -0.39 is 11.6 Å². The van der Waals surface area contributed by atoms with E-state index in [4.69, 9.17) is 4.74 Å². The number of amides is 1. The van der Waals surface area contributed by atoms with E-state index in [1.54, 1.807) is 4.90 Å². The molecule has 1 aliphatic carbocycles. The van der Waals surface area contributed by atoms with Gasteiger partial charge in [0, 0.05) is 11.6 Å². The first-order valence-electron chi connectivity index (χ1n) is 8.97. The molecule has 4 nitrogen and oxygen atoms in total. The molecule has 1 saturated carbocycles. The number of fused-ring (bicyclic) bond motifs is 1. The molecule has 0 radical (unpaired) electrons. The summed E-state index contributed by atoms with van der Waals surface area (Å²) in [6.45, 7) is 5.61. The van der Waals surface area contributed by atoms with Crippen LogP contribution in [0.25, 0.3) is 0 Å². The average Bonchev–Trinajstić information content (AvgIpc) is 2.93. The van der Waals surface area contributed by atoms with Gasteiger partial charge in [0.1, 0.15) is 5.60 Å². The molecule has 1 aromatic carbocycles. The summed E-state index contributed by atoms with van der Waals surface area (Å²) >= 11 is 0. The lowest BCUT2D eigenvalue weighted by Crippen LogP contribution is -2.48. The molecular formula is C20H27NO3. The van der Waals surface area contributed by atoms with Crippen molar-refractivity contribution in [2.45, 2.75) is 70.6 Å². The number of nitrogens with zero attached hydrogens (tertiary/aromatic N) is 1. The molecule has 1 heterocycles. The highest BCUT2D eigenvalue weighted by atomic mass is 16.6. The third-order valence-electron chi connectivity index (χ3n) is 5.05. The van der Waals surface area contributed by atoms with Crippen LogP contribution < -0.4 is 0 Å². The second-order valence-corrected chi connectivity index (χ2v) is 7.98. The third kappa shape index (κ3) is 3.47. The normalized spacial score (nSPS) is 26.8. The fourth-order valence-electron chi connectivity index (χ4n) is 4.07. The van der Waals surface area contributed by atoms with Crippen LogP contribution in [-0.2, 0) is 4.74 Å². The van der Waals surface area contributed by atoms with Gasteiger partial charge < -0.3 is 4.74 Å². The van der Waals surface area contributed by atoms with Crippen molar-refractivity contribution in [2.75, 3.05) is 0 Å². The van der Waals surface area contributed by atoms with Crippen LogP contribution in [0.3, 0.4) is 0 Å². The molecule has 1 saturated heterocycles. The second kappa shape index (κ2) is 6.58. The lowest BCUT2D eigenvalue weighted by Gasteiger charge is -2.34. The van der Waals surface area contributed by atoms with E-state index in [1.807, 2.05) is 51.1 Å². The molecule has 1 aliphatic heterocycles. The fraction of sp³-hybridized carbons (Fsp3) is 0.600. The Morgan fingerprint density at radius 1 is 1.08 bits per heavy atom. The summed E-state index contributed by atoms with van der Waals surface area (Å²) in [6, 6.07) is 9.05. The summed E-state index contributed by atoms with van der Waals surface area (Å²) in [5, 5.41) is 0. The van der Waals surface area contributed by atoms with Crippen LogP contribution >= 0.6 is 0 Å². The van der Waals surface area contributed by atoms with Gasteiger partial charge in [0.2, 0.25) is 0 Å². The van der Waals surface area contributed by atoms with E-state index in [0.29, 0.717) is 11.5 Å². The predicted octanol–water partition coefficient (Wildman–Crippen LogP) is 4.44. The van der Waals surface area contributed by atoms with Gasteiger partial charge in [-0.05, 0) is 46.0 Å². The molecule has 1 amide bonds. The maximum Gasteiger partial charge on any atom is 0.411 e. The molecule has 4 heteroatoms. The van der Waals surface area contributed by atoms with Gasteiger partial charge in [-0.15, -0.1) is 0 Å². The van der Waals surface area contributed by atoms with E-state index >= 15 is 0 Å². The Morgan fingerprint density at radius 3 is 2.42 bits per heavy atom. The second-order valence-electron chi connectivity index (χ2n) is 7.98. The Kier molecular flexibility index (Phi) is 4.66. The van der Waals surface area contributed by atoms with Crippen LogP contribution in [0.5, 0.6) is 0 Å². The molecule has 0 aromatic heterocycles. The van der Waals surface area contributed by atoms with Crippen LogP contribution in [0, 0.1) is 5.92 Å². The minimum Gasteiger partial charge on any atom is -0.444 e. The minimum atomic E-state index is -0.551. The SMILES string of the molecule is CC(C)(C)OC(=O)N1[C@H](C(=O)c2ccccc2)C[C@@H]2CCCC[C@@H]21. The summed E-state index contributed by atoms with van der Waals surface area (Å²) in [4.78, 5) is 27.6. The van der Waals surface area contributed by atoms with Crippen molar-refractivity contribution in [3.63, 3.8) is 0 Å². The molecule has 0 unspecified atom stereocenters. The van der Waals surface area contributed by atoms with Gasteiger partial charge in [0.25, 0.3) is 0 Å². The van der Waals surface area contributed by atoms with Crippen molar-refractivity contribution in [3.8, 4) is 0 Å². The zero-order chi connectivity index (χ0) is 17.3. The number of benzene rings is 1. The molecule has 0 bridgehead atoms. The molecule has 1 aromatic rings. The quantitative estimate of drug-likeness (QED) is 0.754. The standard InChI is InChI=1S/C20H27NO3/c1-20(2,3)24-19(23)21-16-12-8-7-11-15(16)13-17(21)18(22)14-9-5-4-6-10-14/h4-6,9-10,15-17H,7-8,11-13H2,1-3H3/t15-,16-,17-/m0/s1. The van der Waals surface area contributed by atoms with Gasteiger partial charge >= 0.3 is 6.09 Å². The fourth-order valence-corrected chi connectivity index (χ4v) is 4.07. The van der Waals surface area contributed by atoms with Crippen molar-refractivity contribution >= 4 is 11.9 Å². The highest BCUT2D eigenvalue weighted by Gasteiger charge is 2.48. The Hall–Kier alpha value is -1.84. The maximum absolute atomic E-state index is 13.0. The Morgan fingerprint density at radius 2 is 1.75 bits per heavy atom. The zero-order valence-electron chi connectivity index (χ0n) is 14.8. The number of likely N-dealkylation sites (tertiary alicyclic amines) is 1. The summed E-state index contributed by atoms with van der Waals surface area (Å²) in [5.41, 5.74) is 0.124. The van der Waals surface area contributed by atoms with Gasteiger partial charge in [0.05, 0.1) is 6.04 Å². The predicted molar refractivity (Wildman–Crippen MR) is 93.0 cm³/mol. The molecule has 0 N–H and O–H groups in total. The molecule has 0 spiro atoms. The summed E-state index contributed by atoms with van der Waals surface area (Å²) < 4.78 is 5.62. The molecule has 2 fully saturated rings. The first-order chi connectivity index (χ1) is 11.4. The largest absolute Gasteiger partial charge is 0.444 e. The van der Waals surface area contributed by atoms with Crippen LogP contribution in [0.1, 0.15) is 63.2 Å². The summed E-state index contributed by atoms with van der Waals surface area (Å²) in [7, 11) is 0. The van der Waals surface area contributed by atoms with Gasteiger partial charge in [-0.25, -0.2) is 4.79 Å². The van der Waals surface area contributed by atoms with Crippen LogP contribution in [0.2, 0.25) is 0 Å². The van der Waals surface area contributed by atoms with Crippen LogP contribution in [0.4, 0.5) is 4.79 Å². The van der Waals surface area contributed by atoms with Crippen molar-refractivity contribution < 1.29 is 14.3 Å². The summed E-state index contributed by atoms with van der Waals surface area (Å²) in [6.07, 6.45) is 4.80. The Labute approximate surface area is 144 Å². The monoisotopic (exact) mass is 329 g/mol. The molecule has 24 heavy (non-hydrogen) atoms. The van der Waals surface area contributed by atoms with Crippen LogP contribution in [-0.4, -0.2) is 34.5 Å². The molecule has 2 aliphatic rings. The maximum atomic E-state index is 13.0. The Balaban J connectivity index is 1.87. The van der Waals surface area contributed by atoms with Crippen molar-refractivity contribution in [1.29, 1.82) is 0 Å². The lowest BCUT2D eigenvalue weighted by atomic mass is 9.84. The van der Waals surface area contributed by atoms with Gasteiger partial charge in [0.15, 0.2) is 5.78 Å². The van der Waals surface area contributed by atoms with Crippen molar-refractivity contribution in [1.82, 2.24) is 4.90 Å². The van der Waals surface area contributed by atoms with Crippen molar-refractivity contribution in [3.05, 3.63) is 35.9 Å². The highest BCUT2D eigenvalue weighted by molar-refractivity contribution is 6.01. The van der Waals surface area contributed by atoms with E-state index in [2.05, 4.69) is 0 Å². The van der Waals surface area contributed by atoms with E-state index in [0.717, 1.165) is 25.7 Å². The zero-order valence-corrected chi connectivity index (χ0v) is 14.8. The van der Waals surface area contributed by atoms with E-state index in [1.165, 1.54) is 6.42 Å². The van der Waals surface area contributed by atoms with Gasteiger partial charge in [-0.2, -0.15) is 0 Å². The molecular weight excluding hydrogens is 302 g/mol. The third-order valence-corrected chi connectivity index (χ3v) is 5.05. The Bertz CT molecular complexity index is 605. The van der Waals surface area contributed by atoms with E-state index in [-0.39, 0.29) is 17.9 Å². The van der Waals surface area contributed by atoms with Crippen molar-refractivity contribution in [2.24, 2.45) is 5.92 Å². The first-order valence-corrected chi connectivity index (χ1v) is 8.97. The lowest BCUT2D eigenvalue weighted by molar-refractivity contribution is 0.0107. The number of Topliss-reactive ketones (excluding diaryl/α,β-unsaturated/α-hetero) is 1. The number of hydrogen-bond acceptors (Lipinski definition) is 3. The minimum absolute atomic E-state index is 0.0378. The highest BCUT2D eigenvalue weighted by Crippen LogP contribution is 2.41. The first kappa shape index (κ1) is 17.0.